The number of H-pyrrole nitrogens is 2. The maximum absolute atomic E-state index is 14.3. The highest BCUT2D eigenvalue weighted by Crippen LogP contribution is 2.34. The third kappa shape index (κ3) is 12.2. The van der Waals surface area contributed by atoms with Crippen LogP contribution in [0.1, 0.15) is 75.0 Å². The lowest BCUT2D eigenvalue weighted by Crippen LogP contribution is -2.25. The number of nitrogens with one attached hydrogen (secondary N) is 4. The fourth-order valence-corrected chi connectivity index (χ4v) is 8.02. The van der Waals surface area contributed by atoms with Crippen molar-refractivity contribution in [2.45, 2.75) is 12.8 Å². The SMILES string of the molecule is COC(=O)c1cc(-c2cc(C(N)=O)c3c(-c4ccc(C(=O)NCCCOCCOCCOCCCNC(=O)c5ccc(-c6[nH]nc7nc(-c8ccc(F)c(C(=O)O)c8)cc(C(N)=O)c67)cc5)cc4)[nH]nc3n2)ccc1F. The molecule has 8 aromatic rings. The van der Waals surface area contributed by atoms with Gasteiger partial charge in [0.1, 0.15) is 11.6 Å². The van der Waals surface area contributed by atoms with Gasteiger partial charge in [-0.3, -0.25) is 29.4 Å². The third-order valence-corrected chi connectivity index (χ3v) is 11.9. The second kappa shape index (κ2) is 24.1. The number of esters is 1. The number of nitrogens with two attached hydrogens (primary N) is 2. The highest BCUT2D eigenvalue weighted by atomic mass is 19.1. The van der Waals surface area contributed by atoms with Crippen molar-refractivity contribution in [1.82, 2.24) is 41.0 Å². The zero-order chi connectivity index (χ0) is 53.9. The first-order chi connectivity index (χ1) is 36.7. The lowest BCUT2D eigenvalue weighted by Gasteiger charge is -2.09. The van der Waals surface area contributed by atoms with Gasteiger partial charge in [0.05, 0.1) is 89.3 Å². The van der Waals surface area contributed by atoms with E-state index in [-0.39, 0.29) is 56.8 Å². The molecule has 4 aromatic carbocycles. The molecule has 9 N–H and O–H groups in total. The summed E-state index contributed by atoms with van der Waals surface area (Å²) in [6.45, 7) is 2.92. The molecule has 4 heterocycles. The first-order valence-corrected chi connectivity index (χ1v) is 23.5. The van der Waals surface area contributed by atoms with Crippen LogP contribution in [0.4, 0.5) is 8.78 Å². The van der Waals surface area contributed by atoms with Crippen LogP contribution in [0.3, 0.4) is 0 Å². The number of carboxylic acid groups (broad SMARTS) is 1. The van der Waals surface area contributed by atoms with Gasteiger partial charge in [-0.15, -0.1) is 0 Å². The van der Waals surface area contributed by atoms with E-state index in [4.69, 9.17) is 25.7 Å². The van der Waals surface area contributed by atoms with Crippen LogP contribution in [0.2, 0.25) is 0 Å². The van der Waals surface area contributed by atoms with Crippen LogP contribution in [0.5, 0.6) is 0 Å². The Labute approximate surface area is 430 Å². The molecule has 23 heteroatoms. The fourth-order valence-electron chi connectivity index (χ4n) is 8.02. The van der Waals surface area contributed by atoms with E-state index < -0.39 is 41.0 Å². The van der Waals surface area contributed by atoms with Gasteiger partial charge in [0.15, 0.2) is 11.3 Å². The van der Waals surface area contributed by atoms with Crippen LogP contribution >= 0.6 is 0 Å². The molecule has 390 valence electrons. The van der Waals surface area contributed by atoms with Gasteiger partial charge in [0, 0.05) is 59.7 Å². The van der Waals surface area contributed by atoms with E-state index in [0.29, 0.717) is 116 Å². The molecule has 8 rings (SSSR count). The number of hydrogen-bond acceptors (Lipinski definition) is 14. The number of rotatable bonds is 24. The Balaban J connectivity index is 0.692. The molecule has 0 saturated heterocycles. The predicted molar refractivity (Wildman–Crippen MR) is 271 cm³/mol. The van der Waals surface area contributed by atoms with Gasteiger partial charge in [-0.2, -0.15) is 10.2 Å². The van der Waals surface area contributed by atoms with Crippen molar-refractivity contribution in [3.8, 4) is 45.0 Å². The molecule has 0 fully saturated rings. The number of aromatic nitrogens is 6. The third-order valence-electron chi connectivity index (χ3n) is 11.9. The first-order valence-electron chi connectivity index (χ1n) is 23.5. The minimum Gasteiger partial charge on any atom is -0.478 e. The minimum atomic E-state index is -1.46. The number of pyridine rings is 2. The number of ether oxygens (including phenoxy) is 4. The molecule has 4 aromatic heterocycles. The second-order valence-electron chi connectivity index (χ2n) is 16.8. The Kier molecular flexibility index (Phi) is 16.8. The lowest BCUT2D eigenvalue weighted by atomic mass is 10.0. The Morgan fingerprint density at radius 2 is 0.934 bits per heavy atom. The number of nitrogens with zero attached hydrogens (tertiary/aromatic N) is 4. The van der Waals surface area contributed by atoms with E-state index in [9.17, 15) is 42.7 Å². The highest BCUT2D eigenvalue weighted by Gasteiger charge is 2.23. The molecule has 0 atom stereocenters. The second-order valence-corrected chi connectivity index (χ2v) is 16.8. The molecular formula is C53H48F2N10O11. The summed E-state index contributed by atoms with van der Waals surface area (Å²) in [7, 11) is 1.14. The number of carbonyl (C=O) groups is 6. The molecule has 0 aliphatic carbocycles. The number of fused-ring (bicyclic) bond motifs is 2. The number of benzene rings is 4. The van der Waals surface area contributed by atoms with E-state index in [1.54, 1.807) is 48.5 Å². The Morgan fingerprint density at radius 3 is 1.34 bits per heavy atom. The van der Waals surface area contributed by atoms with E-state index in [2.05, 4.69) is 45.7 Å². The van der Waals surface area contributed by atoms with Crippen LogP contribution in [-0.2, 0) is 18.9 Å². The standard InChI is InChI=1S/C53H48F2N10O11/c1-73-53(72)35-25-33(13-15-39(35)55)41-27-37(47(57)67)43-45(63-65-49(43)61-41)29-6-10-31(11-7-29)51(69)59-17-3-19-75-21-23-76-22-20-74-18-2-16-58-50(68)30-8-4-28(5-9-30)44-42-36(46(56)66)26-40(60-48(42)64-62-44)32-12-14-38(54)34(24-32)52(70)71/h4-15,24-27H,2-3,16-23H2,1H3,(H2,56,66)(H2,57,67)(H,58,68)(H,59,69)(H,70,71)(H,60,62,64)(H,61,63,65). The average molecular weight is 1040 g/mol. The molecule has 0 bridgehead atoms. The van der Waals surface area contributed by atoms with Gasteiger partial charge >= 0.3 is 11.9 Å². The maximum Gasteiger partial charge on any atom is 0.340 e. The van der Waals surface area contributed by atoms with E-state index in [1.165, 1.54) is 30.3 Å². The number of halogens is 2. The van der Waals surface area contributed by atoms with Crippen molar-refractivity contribution in [2.24, 2.45) is 11.5 Å². The van der Waals surface area contributed by atoms with E-state index in [0.717, 1.165) is 25.3 Å². The smallest absolute Gasteiger partial charge is 0.340 e. The zero-order valence-corrected chi connectivity index (χ0v) is 40.5. The molecule has 0 aliphatic heterocycles. The fraction of sp³-hybridized carbons (Fsp3) is 0.208. The molecule has 4 amide bonds. The van der Waals surface area contributed by atoms with Gasteiger partial charge in [-0.05, 0) is 85.6 Å². The molecule has 0 aliphatic rings. The largest absolute Gasteiger partial charge is 0.478 e. The molecule has 0 saturated carbocycles. The van der Waals surface area contributed by atoms with Gasteiger partial charge in [0.25, 0.3) is 11.8 Å². The quantitative estimate of drug-likeness (QED) is 0.0276. The van der Waals surface area contributed by atoms with Crippen molar-refractivity contribution in [1.29, 1.82) is 0 Å². The topological polar surface area (TPSA) is 319 Å². The van der Waals surface area contributed by atoms with Gasteiger partial charge in [0.2, 0.25) is 11.8 Å². The van der Waals surface area contributed by atoms with Crippen LogP contribution in [0, 0.1) is 11.6 Å². The molecule has 76 heavy (non-hydrogen) atoms. The predicted octanol–water partition coefficient (Wildman–Crippen LogP) is 5.85. The Bertz CT molecular complexity index is 3490. The summed E-state index contributed by atoms with van der Waals surface area (Å²) >= 11 is 0. The van der Waals surface area contributed by atoms with Crippen LogP contribution in [0.25, 0.3) is 67.1 Å². The van der Waals surface area contributed by atoms with Crippen molar-refractivity contribution >= 4 is 57.6 Å². The number of primary amides is 2. The first kappa shape index (κ1) is 53.0. The summed E-state index contributed by atoms with van der Waals surface area (Å²) in [6, 6.07) is 23.3. The summed E-state index contributed by atoms with van der Waals surface area (Å²) in [6.07, 6.45) is 1.12. The Hall–Kier alpha value is -9.32. The number of carboxylic acids is 1. The average Bonchev–Trinajstić information content (AvgIpc) is 4.13. The molecule has 0 radical (unpaired) electrons. The summed E-state index contributed by atoms with van der Waals surface area (Å²) < 4.78 is 49.8. The number of methoxy groups -OCH3 is 1. The summed E-state index contributed by atoms with van der Waals surface area (Å²) in [5.74, 6) is -6.17. The molecule has 21 nitrogen and oxygen atoms in total. The highest BCUT2D eigenvalue weighted by molar-refractivity contribution is 6.12. The van der Waals surface area contributed by atoms with Crippen LogP contribution in [0.15, 0.2) is 97.1 Å². The van der Waals surface area contributed by atoms with E-state index >= 15 is 0 Å². The van der Waals surface area contributed by atoms with Gasteiger partial charge < -0.3 is 46.2 Å². The van der Waals surface area contributed by atoms with Crippen LogP contribution < -0.4 is 22.1 Å². The minimum absolute atomic E-state index is 0.0571. The number of hydrogen-bond donors (Lipinski definition) is 7. The van der Waals surface area contributed by atoms with Gasteiger partial charge in [-0.25, -0.2) is 28.3 Å². The van der Waals surface area contributed by atoms with Crippen LogP contribution in [-0.4, -0.2) is 131 Å². The normalized spacial score (nSPS) is 11.2. The number of carbonyl (C=O) groups excluding carboxylic acids is 5. The van der Waals surface area contributed by atoms with Crippen molar-refractivity contribution in [2.75, 3.05) is 59.8 Å². The molecule has 0 unspecified atom stereocenters. The molecule has 0 spiro atoms. The zero-order valence-electron chi connectivity index (χ0n) is 40.5. The number of aromatic amines is 2. The summed E-state index contributed by atoms with van der Waals surface area (Å²) in [5.41, 5.74) is 14.9. The number of aromatic carboxylic acids is 1. The summed E-state index contributed by atoms with van der Waals surface area (Å²) in [4.78, 5) is 83.4. The lowest BCUT2D eigenvalue weighted by molar-refractivity contribution is 0.0139. The van der Waals surface area contributed by atoms with E-state index in [1.807, 2.05) is 0 Å². The van der Waals surface area contributed by atoms with Gasteiger partial charge in [-0.1, -0.05) is 24.3 Å². The van der Waals surface area contributed by atoms with Crippen molar-refractivity contribution < 1.29 is 61.6 Å². The Morgan fingerprint density at radius 1 is 0.539 bits per heavy atom. The van der Waals surface area contributed by atoms with Crippen molar-refractivity contribution in [3.05, 3.63) is 142 Å². The maximum atomic E-state index is 14.3. The monoisotopic (exact) mass is 1040 g/mol. The molecular weight excluding hydrogens is 991 g/mol. The summed E-state index contributed by atoms with van der Waals surface area (Å²) in [5, 5.41) is 30.0. The van der Waals surface area contributed by atoms with Crippen molar-refractivity contribution in [3.63, 3.8) is 0 Å². The number of amides is 4.